The van der Waals surface area contributed by atoms with Crippen LogP contribution in [0.15, 0.2) is 17.0 Å². The smallest absolute Gasteiger partial charge is 0.243 e. The fourth-order valence-corrected chi connectivity index (χ4v) is 3.54. The third kappa shape index (κ3) is 3.23. The minimum absolute atomic E-state index is 0.0261. The van der Waals surface area contributed by atoms with E-state index in [0.717, 1.165) is 0 Å². The van der Waals surface area contributed by atoms with Gasteiger partial charge in [0.2, 0.25) is 10.0 Å². The van der Waals surface area contributed by atoms with Gasteiger partial charge in [0.05, 0.1) is 22.3 Å². The summed E-state index contributed by atoms with van der Waals surface area (Å²) < 4.78 is 26.1. The minimum Gasteiger partial charge on any atom is -0.397 e. The maximum Gasteiger partial charge on any atom is 0.243 e. The Bertz CT molecular complexity index is 519. The van der Waals surface area contributed by atoms with Crippen molar-refractivity contribution >= 4 is 38.9 Å². The molecule has 0 aromatic heterocycles. The molecule has 1 atom stereocenters. The molecule has 0 spiro atoms. The molecule has 17 heavy (non-hydrogen) atoms. The Labute approximate surface area is 110 Å². The number of halogens is 2. The van der Waals surface area contributed by atoms with Crippen LogP contribution in [0.4, 0.5) is 5.69 Å². The molecule has 1 aromatic rings. The van der Waals surface area contributed by atoms with Gasteiger partial charge in [-0.2, -0.15) is 0 Å². The average molecular weight is 299 g/mol. The van der Waals surface area contributed by atoms with Gasteiger partial charge in [-0.05, 0) is 19.1 Å². The highest BCUT2D eigenvalue weighted by molar-refractivity contribution is 7.89. The Morgan fingerprint density at radius 2 is 2.06 bits per heavy atom. The van der Waals surface area contributed by atoms with Crippen LogP contribution in [0.2, 0.25) is 10.0 Å². The highest BCUT2D eigenvalue weighted by Crippen LogP contribution is 2.33. The monoisotopic (exact) mass is 298 g/mol. The van der Waals surface area contributed by atoms with Crippen molar-refractivity contribution in [2.75, 3.05) is 12.3 Å². The number of rotatable bonds is 4. The molecule has 0 fully saturated rings. The Balaban J connectivity index is 3.29. The van der Waals surface area contributed by atoms with E-state index >= 15 is 0 Å². The Hall–Kier alpha value is -0.530. The molecule has 0 unspecified atom stereocenters. The van der Waals surface area contributed by atoms with Gasteiger partial charge in [0.25, 0.3) is 0 Å². The summed E-state index contributed by atoms with van der Waals surface area (Å²) in [7, 11) is -3.91. The topological polar surface area (TPSA) is 92.4 Å². The van der Waals surface area contributed by atoms with Crippen molar-refractivity contribution in [1.29, 1.82) is 0 Å². The van der Waals surface area contributed by atoms with Crippen molar-refractivity contribution < 1.29 is 13.5 Å². The Morgan fingerprint density at radius 1 is 1.47 bits per heavy atom. The first kappa shape index (κ1) is 14.5. The van der Waals surface area contributed by atoms with Gasteiger partial charge in [-0.3, -0.25) is 0 Å². The SMILES string of the molecule is C[C@@H](CO)NS(=O)(=O)c1c(Cl)ccc(N)c1Cl. The molecule has 5 nitrogen and oxygen atoms in total. The molecular formula is C9H12Cl2N2O3S. The van der Waals surface area contributed by atoms with E-state index in [4.69, 9.17) is 34.0 Å². The van der Waals surface area contributed by atoms with Crippen LogP contribution in [0.25, 0.3) is 0 Å². The predicted octanol–water partition coefficient (Wildman–Crippen LogP) is 1.23. The number of aliphatic hydroxyl groups excluding tert-OH is 1. The van der Waals surface area contributed by atoms with Crippen LogP contribution in [0.1, 0.15) is 6.92 Å². The van der Waals surface area contributed by atoms with E-state index in [-0.39, 0.29) is 27.2 Å². The number of nitrogen functional groups attached to an aromatic ring is 1. The molecule has 0 aliphatic carbocycles. The van der Waals surface area contributed by atoms with E-state index in [2.05, 4.69) is 4.72 Å². The summed E-state index contributed by atoms with van der Waals surface area (Å²) in [5.41, 5.74) is 5.64. The van der Waals surface area contributed by atoms with Crippen molar-refractivity contribution in [3.05, 3.63) is 22.2 Å². The van der Waals surface area contributed by atoms with E-state index in [1.165, 1.54) is 19.1 Å². The molecule has 1 aromatic carbocycles. The van der Waals surface area contributed by atoms with Crippen LogP contribution >= 0.6 is 23.2 Å². The largest absolute Gasteiger partial charge is 0.397 e. The molecule has 0 saturated heterocycles. The molecule has 0 heterocycles. The van der Waals surface area contributed by atoms with E-state index in [1.54, 1.807) is 0 Å². The summed E-state index contributed by atoms with van der Waals surface area (Å²) in [5.74, 6) is 0. The molecule has 8 heteroatoms. The average Bonchev–Trinajstić information content (AvgIpc) is 2.23. The van der Waals surface area contributed by atoms with Crippen LogP contribution in [0.3, 0.4) is 0 Å². The van der Waals surface area contributed by atoms with Crippen LogP contribution in [0.5, 0.6) is 0 Å². The minimum atomic E-state index is -3.91. The second-order valence-electron chi connectivity index (χ2n) is 3.48. The number of hydrogen-bond donors (Lipinski definition) is 3. The second-order valence-corrected chi connectivity index (χ2v) is 5.92. The lowest BCUT2D eigenvalue weighted by Gasteiger charge is -2.14. The number of nitrogens with one attached hydrogen (secondary N) is 1. The van der Waals surface area contributed by atoms with Crippen molar-refractivity contribution in [2.45, 2.75) is 17.9 Å². The lowest BCUT2D eigenvalue weighted by atomic mass is 10.3. The van der Waals surface area contributed by atoms with Crippen LogP contribution < -0.4 is 10.5 Å². The first-order chi connectivity index (χ1) is 7.79. The van der Waals surface area contributed by atoms with E-state index in [9.17, 15) is 8.42 Å². The van der Waals surface area contributed by atoms with Crippen LogP contribution in [0, 0.1) is 0 Å². The number of anilines is 1. The molecule has 0 radical (unpaired) electrons. The van der Waals surface area contributed by atoms with Crippen molar-refractivity contribution in [2.24, 2.45) is 0 Å². The van der Waals surface area contributed by atoms with Gasteiger partial charge in [0.1, 0.15) is 4.90 Å². The highest BCUT2D eigenvalue weighted by Gasteiger charge is 2.24. The molecule has 0 aliphatic heterocycles. The molecule has 1 rings (SSSR count). The third-order valence-electron chi connectivity index (χ3n) is 1.98. The summed E-state index contributed by atoms with van der Waals surface area (Å²) in [5, 5.41) is 8.67. The Morgan fingerprint density at radius 3 is 2.59 bits per heavy atom. The summed E-state index contributed by atoms with van der Waals surface area (Å²) in [6, 6.07) is 2.12. The fourth-order valence-electron chi connectivity index (χ4n) is 1.16. The summed E-state index contributed by atoms with van der Waals surface area (Å²) in [6.07, 6.45) is 0. The normalized spacial score (nSPS) is 13.6. The quantitative estimate of drug-likeness (QED) is 0.729. The van der Waals surface area contributed by atoms with Gasteiger partial charge in [0, 0.05) is 6.04 Å². The number of aliphatic hydroxyl groups is 1. The molecule has 96 valence electrons. The number of hydrogen-bond acceptors (Lipinski definition) is 4. The van der Waals surface area contributed by atoms with Crippen LogP contribution in [-0.4, -0.2) is 26.2 Å². The zero-order chi connectivity index (χ0) is 13.2. The molecule has 0 bridgehead atoms. The number of sulfonamides is 1. The zero-order valence-corrected chi connectivity index (χ0v) is 11.3. The van der Waals surface area contributed by atoms with Gasteiger partial charge in [0.15, 0.2) is 0 Å². The lowest BCUT2D eigenvalue weighted by Crippen LogP contribution is -2.35. The van der Waals surface area contributed by atoms with E-state index in [1.807, 2.05) is 0 Å². The van der Waals surface area contributed by atoms with Gasteiger partial charge in [-0.15, -0.1) is 0 Å². The maximum atomic E-state index is 11.9. The van der Waals surface area contributed by atoms with Gasteiger partial charge in [-0.25, -0.2) is 13.1 Å². The van der Waals surface area contributed by atoms with E-state index < -0.39 is 16.1 Å². The van der Waals surface area contributed by atoms with Crippen molar-refractivity contribution in [3.63, 3.8) is 0 Å². The number of nitrogens with two attached hydrogens (primary N) is 1. The van der Waals surface area contributed by atoms with Gasteiger partial charge in [-0.1, -0.05) is 23.2 Å². The molecule has 4 N–H and O–H groups in total. The highest BCUT2D eigenvalue weighted by atomic mass is 35.5. The van der Waals surface area contributed by atoms with Gasteiger partial charge < -0.3 is 10.8 Å². The fraction of sp³-hybridized carbons (Fsp3) is 0.333. The third-order valence-corrected chi connectivity index (χ3v) is 4.60. The standard InChI is InChI=1S/C9H12Cl2N2O3S/c1-5(4-14)13-17(15,16)9-6(10)2-3-7(12)8(9)11/h2-3,5,13-14H,4,12H2,1H3/t5-/m0/s1. The second kappa shape index (κ2) is 5.41. The first-order valence-electron chi connectivity index (χ1n) is 4.66. The zero-order valence-electron chi connectivity index (χ0n) is 8.94. The van der Waals surface area contributed by atoms with Crippen molar-refractivity contribution in [1.82, 2.24) is 4.72 Å². The molecule has 0 saturated carbocycles. The number of benzene rings is 1. The lowest BCUT2D eigenvalue weighted by molar-refractivity contribution is 0.265. The molecule has 0 amide bonds. The summed E-state index contributed by atoms with van der Waals surface area (Å²) in [6.45, 7) is 1.17. The molecule has 0 aliphatic rings. The summed E-state index contributed by atoms with van der Waals surface area (Å²) in [4.78, 5) is -0.277. The predicted molar refractivity (Wildman–Crippen MR) is 67.7 cm³/mol. The van der Waals surface area contributed by atoms with E-state index in [0.29, 0.717) is 0 Å². The van der Waals surface area contributed by atoms with Crippen molar-refractivity contribution in [3.8, 4) is 0 Å². The maximum absolute atomic E-state index is 11.9. The van der Waals surface area contributed by atoms with Gasteiger partial charge >= 0.3 is 0 Å². The summed E-state index contributed by atoms with van der Waals surface area (Å²) >= 11 is 11.6. The molecular weight excluding hydrogens is 287 g/mol. The first-order valence-corrected chi connectivity index (χ1v) is 6.90. The Kier molecular flexibility index (Phi) is 4.62. The van der Waals surface area contributed by atoms with Crippen LogP contribution in [-0.2, 0) is 10.0 Å².